The fourth-order valence-electron chi connectivity index (χ4n) is 5.99. The molecule has 1 amide bonds. The van der Waals surface area contributed by atoms with Gasteiger partial charge in [-0.15, -0.1) is 0 Å². The second-order valence-electron chi connectivity index (χ2n) is 14.4. The average Bonchev–Trinajstić information content (AvgIpc) is 3.15. The highest BCUT2D eigenvalue weighted by molar-refractivity contribution is 5.77. The zero-order valence-electron chi connectivity index (χ0n) is 34.4. The molecule has 0 saturated heterocycles. The van der Waals surface area contributed by atoms with Crippen molar-refractivity contribution in [2.24, 2.45) is 0 Å². The van der Waals surface area contributed by atoms with Gasteiger partial charge >= 0.3 is 5.97 Å². The highest BCUT2D eigenvalue weighted by Gasteiger charge is 2.23. The number of aliphatic hydroxyl groups excluding tert-OH is 2. The third-order valence-electron chi connectivity index (χ3n) is 9.28. The molecule has 0 rings (SSSR count). The molecule has 0 aromatic heterocycles. The van der Waals surface area contributed by atoms with Crippen LogP contribution in [0.25, 0.3) is 0 Å². The summed E-state index contributed by atoms with van der Waals surface area (Å²) in [4.78, 5) is 25.8. The number of esters is 1. The van der Waals surface area contributed by atoms with Crippen LogP contribution in [0.15, 0.2) is 72.9 Å². The van der Waals surface area contributed by atoms with Gasteiger partial charge in [-0.2, -0.15) is 0 Å². The lowest BCUT2D eigenvalue weighted by Crippen LogP contribution is -2.46. The molecule has 0 aliphatic carbocycles. The molecule has 0 bridgehead atoms. The summed E-state index contributed by atoms with van der Waals surface area (Å²) in [6.07, 6.45) is 49.8. The van der Waals surface area contributed by atoms with E-state index in [-0.39, 0.29) is 31.3 Å². The first kappa shape index (κ1) is 50.3. The van der Waals surface area contributed by atoms with E-state index in [1.807, 2.05) is 6.08 Å². The third-order valence-corrected chi connectivity index (χ3v) is 9.28. The van der Waals surface area contributed by atoms with Crippen LogP contribution in [0.4, 0.5) is 0 Å². The molecule has 0 heterocycles. The zero-order chi connectivity index (χ0) is 38.9. The quantitative estimate of drug-likeness (QED) is 0.0335. The van der Waals surface area contributed by atoms with Crippen molar-refractivity contribution in [2.45, 2.75) is 206 Å². The summed E-state index contributed by atoms with van der Waals surface area (Å²) < 4.78 is 5.82. The Morgan fingerprint density at radius 2 is 1.04 bits per heavy atom. The summed E-state index contributed by atoms with van der Waals surface area (Å²) >= 11 is 0. The van der Waals surface area contributed by atoms with Crippen molar-refractivity contribution < 1.29 is 24.5 Å². The lowest BCUT2D eigenvalue weighted by atomic mass is 10.0. The van der Waals surface area contributed by atoms with Crippen LogP contribution in [0.2, 0.25) is 0 Å². The number of aliphatic hydroxyl groups is 2. The number of hydrogen-bond donors (Lipinski definition) is 3. The van der Waals surface area contributed by atoms with Crippen LogP contribution in [0, 0.1) is 0 Å². The van der Waals surface area contributed by atoms with Crippen molar-refractivity contribution in [3.8, 4) is 0 Å². The SMILES string of the molecule is CC/C=C/C/C=C/C/C=C/C/C=C/C/C=C/CCC(=O)OC(CCCCC/C=C\CCCC)CC(=O)NC(CO)C(O)CCCCCCCCCCC. The van der Waals surface area contributed by atoms with Crippen molar-refractivity contribution >= 4 is 11.9 Å². The van der Waals surface area contributed by atoms with Gasteiger partial charge in [-0.05, 0) is 77.0 Å². The lowest BCUT2D eigenvalue weighted by molar-refractivity contribution is -0.150. The molecule has 3 N–H and O–H groups in total. The minimum absolute atomic E-state index is 0.0333. The first-order chi connectivity index (χ1) is 26.0. The molecule has 0 aromatic rings. The van der Waals surface area contributed by atoms with Gasteiger partial charge in [0, 0.05) is 6.42 Å². The molecule has 0 aliphatic rings. The van der Waals surface area contributed by atoms with E-state index in [0.717, 1.165) is 83.5 Å². The minimum atomic E-state index is -0.802. The van der Waals surface area contributed by atoms with E-state index in [1.165, 1.54) is 51.4 Å². The first-order valence-electron chi connectivity index (χ1n) is 21.7. The molecule has 0 spiro atoms. The van der Waals surface area contributed by atoms with E-state index in [2.05, 4.69) is 92.9 Å². The molecule has 0 aromatic carbocycles. The summed E-state index contributed by atoms with van der Waals surface area (Å²) in [5.41, 5.74) is 0. The summed E-state index contributed by atoms with van der Waals surface area (Å²) in [7, 11) is 0. The summed E-state index contributed by atoms with van der Waals surface area (Å²) in [6.45, 7) is 6.25. The van der Waals surface area contributed by atoms with Crippen molar-refractivity contribution in [2.75, 3.05) is 6.61 Å². The minimum Gasteiger partial charge on any atom is -0.462 e. The number of amides is 1. The number of ether oxygens (including phenoxy) is 1. The Labute approximate surface area is 326 Å². The van der Waals surface area contributed by atoms with E-state index in [9.17, 15) is 19.8 Å². The van der Waals surface area contributed by atoms with Gasteiger partial charge in [0.05, 0.1) is 25.2 Å². The maximum Gasteiger partial charge on any atom is 0.306 e. The van der Waals surface area contributed by atoms with Gasteiger partial charge in [0.25, 0.3) is 0 Å². The normalized spacial score (nSPS) is 14.1. The Morgan fingerprint density at radius 1 is 0.566 bits per heavy atom. The standard InChI is InChI=1S/C47H81NO5/c1-4-7-10-13-16-19-20-21-22-23-24-25-28-31-34-37-40-47(52)53-43(38-35-32-29-26-17-14-11-8-5-2)41-46(51)48-44(42-49)45(50)39-36-33-30-27-18-15-12-9-6-3/h7,10,14,16-17,19,21-22,24-25,31,34,43-45,49-50H,4-6,8-9,11-13,15,18,20,23,26-30,32-33,35-42H2,1-3H3,(H,48,51)/b10-7+,17-14-,19-16+,22-21+,25-24+,34-31+. The van der Waals surface area contributed by atoms with Crippen molar-refractivity contribution in [3.63, 3.8) is 0 Å². The van der Waals surface area contributed by atoms with Gasteiger partial charge in [-0.3, -0.25) is 9.59 Å². The maximum atomic E-state index is 13.0. The number of rotatable bonds is 37. The smallest absolute Gasteiger partial charge is 0.306 e. The molecule has 0 saturated carbocycles. The summed E-state index contributed by atoms with van der Waals surface area (Å²) in [5.74, 6) is -0.601. The molecule has 3 unspecified atom stereocenters. The van der Waals surface area contributed by atoms with Crippen LogP contribution in [-0.4, -0.2) is 46.9 Å². The lowest BCUT2D eigenvalue weighted by Gasteiger charge is -2.24. The second kappa shape index (κ2) is 40.5. The molecule has 0 fully saturated rings. The Kier molecular flexibility index (Phi) is 38.4. The predicted octanol–water partition coefficient (Wildman–Crippen LogP) is 12.3. The van der Waals surface area contributed by atoms with Crippen LogP contribution < -0.4 is 5.32 Å². The topological polar surface area (TPSA) is 95.9 Å². The van der Waals surface area contributed by atoms with Gasteiger partial charge < -0.3 is 20.3 Å². The average molecular weight is 740 g/mol. The van der Waals surface area contributed by atoms with Gasteiger partial charge in [0.2, 0.25) is 5.91 Å². The molecule has 3 atom stereocenters. The van der Waals surface area contributed by atoms with Crippen LogP contribution in [0.3, 0.4) is 0 Å². The molecule has 304 valence electrons. The molecule has 0 radical (unpaired) electrons. The Balaban J connectivity index is 4.70. The van der Waals surface area contributed by atoms with Gasteiger partial charge in [0.15, 0.2) is 0 Å². The van der Waals surface area contributed by atoms with E-state index in [4.69, 9.17) is 4.74 Å². The summed E-state index contributed by atoms with van der Waals surface area (Å²) in [5, 5.41) is 23.5. The first-order valence-corrected chi connectivity index (χ1v) is 21.7. The number of carbonyl (C=O) groups is 2. The fraction of sp³-hybridized carbons (Fsp3) is 0.702. The molecule has 53 heavy (non-hydrogen) atoms. The van der Waals surface area contributed by atoms with Gasteiger partial charge in [-0.25, -0.2) is 0 Å². The molecule has 6 heteroatoms. The molecule has 0 aliphatic heterocycles. The van der Waals surface area contributed by atoms with Crippen molar-refractivity contribution in [3.05, 3.63) is 72.9 Å². The third kappa shape index (κ3) is 36.1. The molecule has 6 nitrogen and oxygen atoms in total. The Bertz CT molecular complexity index is 1010. The largest absolute Gasteiger partial charge is 0.462 e. The molecular formula is C47H81NO5. The number of carbonyl (C=O) groups excluding carboxylic acids is 2. The predicted molar refractivity (Wildman–Crippen MR) is 227 cm³/mol. The second-order valence-corrected chi connectivity index (χ2v) is 14.4. The van der Waals surface area contributed by atoms with E-state index in [0.29, 0.717) is 19.3 Å². The maximum absolute atomic E-state index is 13.0. The summed E-state index contributed by atoms with van der Waals surface area (Å²) in [6, 6.07) is -0.720. The highest BCUT2D eigenvalue weighted by atomic mass is 16.5. The van der Waals surface area contributed by atoms with Crippen LogP contribution in [-0.2, 0) is 14.3 Å². The Morgan fingerprint density at radius 3 is 1.60 bits per heavy atom. The monoisotopic (exact) mass is 740 g/mol. The van der Waals surface area contributed by atoms with E-state index >= 15 is 0 Å². The van der Waals surface area contributed by atoms with E-state index < -0.39 is 18.2 Å². The van der Waals surface area contributed by atoms with Gasteiger partial charge in [-0.1, -0.05) is 171 Å². The van der Waals surface area contributed by atoms with Crippen molar-refractivity contribution in [1.82, 2.24) is 5.32 Å². The van der Waals surface area contributed by atoms with Crippen molar-refractivity contribution in [1.29, 1.82) is 0 Å². The van der Waals surface area contributed by atoms with Gasteiger partial charge in [0.1, 0.15) is 6.10 Å². The highest BCUT2D eigenvalue weighted by Crippen LogP contribution is 2.16. The van der Waals surface area contributed by atoms with Crippen LogP contribution in [0.5, 0.6) is 0 Å². The molecular weight excluding hydrogens is 659 g/mol. The number of nitrogens with one attached hydrogen (secondary N) is 1. The zero-order valence-corrected chi connectivity index (χ0v) is 34.4. The number of allylic oxidation sites excluding steroid dienone is 12. The number of hydrogen-bond acceptors (Lipinski definition) is 5. The van der Waals surface area contributed by atoms with Crippen LogP contribution >= 0.6 is 0 Å². The van der Waals surface area contributed by atoms with Crippen LogP contribution in [0.1, 0.15) is 188 Å². The van der Waals surface area contributed by atoms with E-state index in [1.54, 1.807) is 0 Å². The fourth-order valence-corrected chi connectivity index (χ4v) is 5.99. The number of unbranched alkanes of at least 4 members (excludes halogenated alkanes) is 13. The Hall–Kier alpha value is -2.70.